The highest BCUT2D eigenvalue weighted by molar-refractivity contribution is 5.74. The lowest BCUT2D eigenvalue weighted by Crippen LogP contribution is -2.27. The number of hydrazine groups is 1. The molecule has 1 aromatic rings. The second kappa shape index (κ2) is 5.25. The van der Waals surface area contributed by atoms with Crippen LogP contribution >= 0.6 is 0 Å². The van der Waals surface area contributed by atoms with Crippen LogP contribution in [0.4, 0.5) is 4.39 Å². The van der Waals surface area contributed by atoms with Crippen molar-refractivity contribution in [3.63, 3.8) is 0 Å². The van der Waals surface area contributed by atoms with Crippen molar-refractivity contribution in [2.24, 2.45) is 5.92 Å². The fourth-order valence-corrected chi connectivity index (χ4v) is 1.98. The van der Waals surface area contributed by atoms with Crippen LogP contribution in [0.15, 0.2) is 24.3 Å². The number of hydrogen-bond acceptors (Lipinski definition) is 4. The summed E-state index contributed by atoms with van der Waals surface area (Å²) in [5.41, 5.74) is 6.62. The molecule has 0 aromatic heterocycles. The van der Waals surface area contributed by atoms with Crippen molar-refractivity contribution in [3.8, 4) is 0 Å². The minimum atomic E-state index is -0.322. The lowest BCUT2D eigenvalue weighted by Gasteiger charge is -2.17. The molecule has 2 unspecified atom stereocenters. The van der Waals surface area contributed by atoms with Gasteiger partial charge in [-0.05, 0) is 24.6 Å². The summed E-state index contributed by atoms with van der Waals surface area (Å²) < 4.78 is 18.1. The maximum atomic E-state index is 13.1. The monoisotopic (exact) mass is 238 g/mol. The van der Waals surface area contributed by atoms with Crippen LogP contribution < -0.4 is 10.9 Å². The molecule has 1 saturated heterocycles. The van der Waals surface area contributed by atoms with Crippen LogP contribution in [0.5, 0.6) is 0 Å². The summed E-state index contributed by atoms with van der Waals surface area (Å²) in [7, 11) is 0. The SMILES string of the molecule is CCOC(=O)C1CNNC1c1cccc(F)c1. The molecular formula is C12H15FN2O2. The summed E-state index contributed by atoms with van der Waals surface area (Å²) in [4.78, 5) is 11.7. The number of halogens is 1. The number of carbonyl (C=O) groups is 1. The Morgan fingerprint density at radius 2 is 2.41 bits per heavy atom. The summed E-state index contributed by atoms with van der Waals surface area (Å²) in [5, 5.41) is 0. The molecule has 5 heteroatoms. The standard InChI is InChI=1S/C12H15FN2O2/c1-2-17-12(16)10-7-14-15-11(10)8-4-3-5-9(13)6-8/h3-6,10-11,14-15H,2,7H2,1H3. The van der Waals surface area contributed by atoms with E-state index in [1.807, 2.05) is 0 Å². The molecule has 1 heterocycles. The highest BCUT2D eigenvalue weighted by atomic mass is 19.1. The number of carbonyl (C=O) groups excluding carboxylic acids is 1. The maximum Gasteiger partial charge on any atom is 0.312 e. The van der Waals surface area contributed by atoms with Crippen molar-refractivity contribution >= 4 is 5.97 Å². The second-order valence-electron chi connectivity index (χ2n) is 3.92. The van der Waals surface area contributed by atoms with Crippen molar-refractivity contribution in [2.75, 3.05) is 13.2 Å². The summed E-state index contributed by atoms with van der Waals surface area (Å²) in [6, 6.07) is 5.99. The van der Waals surface area contributed by atoms with Gasteiger partial charge in [0, 0.05) is 6.54 Å². The van der Waals surface area contributed by atoms with Crippen LogP contribution in [-0.4, -0.2) is 19.1 Å². The fraction of sp³-hybridized carbons (Fsp3) is 0.417. The molecule has 1 aliphatic heterocycles. The number of esters is 1. The minimum Gasteiger partial charge on any atom is -0.466 e. The Kier molecular flexibility index (Phi) is 3.71. The van der Waals surface area contributed by atoms with Crippen molar-refractivity contribution < 1.29 is 13.9 Å². The molecule has 2 N–H and O–H groups in total. The summed E-state index contributed by atoms with van der Waals surface area (Å²) in [5.74, 6) is -0.894. The molecule has 1 aromatic carbocycles. The Labute approximate surface area is 99.1 Å². The van der Waals surface area contributed by atoms with Crippen molar-refractivity contribution in [2.45, 2.75) is 13.0 Å². The third-order valence-electron chi connectivity index (χ3n) is 2.78. The van der Waals surface area contributed by atoms with Crippen LogP contribution in [0.2, 0.25) is 0 Å². The molecule has 17 heavy (non-hydrogen) atoms. The zero-order valence-electron chi connectivity index (χ0n) is 9.57. The number of benzene rings is 1. The van der Waals surface area contributed by atoms with Gasteiger partial charge < -0.3 is 4.74 Å². The number of hydrogen-bond donors (Lipinski definition) is 2. The lowest BCUT2D eigenvalue weighted by molar-refractivity contribution is -0.147. The number of rotatable bonds is 3. The van der Waals surface area contributed by atoms with Gasteiger partial charge >= 0.3 is 5.97 Å². The molecule has 4 nitrogen and oxygen atoms in total. The summed E-state index contributed by atoms with van der Waals surface area (Å²) in [6.07, 6.45) is 0. The van der Waals surface area contributed by atoms with Crippen LogP contribution in [0.25, 0.3) is 0 Å². The predicted octanol–water partition coefficient (Wildman–Crippen LogP) is 1.15. The zero-order valence-corrected chi connectivity index (χ0v) is 9.57. The molecule has 0 saturated carbocycles. The summed E-state index contributed by atoms with van der Waals surface area (Å²) >= 11 is 0. The third-order valence-corrected chi connectivity index (χ3v) is 2.78. The van der Waals surface area contributed by atoms with Gasteiger partial charge in [0.05, 0.1) is 18.6 Å². The van der Waals surface area contributed by atoms with E-state index >= 15 is 0 Å². The fourth-order valence-electron chi connectivity index (χ4n) is 1.98. The van der Waals surface area contributed by atoms with Crippen LogP contribution in [0.1, 0.15) is 18.5 Å². The second-order valence-corrected chi connectivity index (χ2v) is 3.92. The van der Waals surface area contributed by atoms with E-state index in [-0.39, 0.29) is 23.7 Å². The normalized spacial score (nSPS) is 23.6. The van der Waals surface area contributed by atoms with Gasteiger partial charge in [-0.25, -0.2) is 9.82 Å². The van der Waals surface area contributed by atoms with Gasteiger partial charge in [0.15, 0.2) is 0 Å². The zero-order chi connectivity index (χ0) is 12.3. The van der Waals surface area contributed by atoms with Gasteiger partial charge in [-0.2, -0.15) is 0 Å². The summed E-state index contributed by atoms with van der Waals surface area (Å²) in [6.45, 7) is 2.61. The molecule has 0 aliphatic carbocycles. The lowest BCUT2D eigenvalue weighted by atomic mass is 9.95. The Morgan fingerprint density at radius 1 is 1.59 bits per heavy atom. The Balaban J connectivity index is 2.17. The van der Waals surface area contributed by atoms with E-state index in [0.717, 1.165) is 5.56 Å². The molecule has 1 fully saturated rings. The Bertz CT molecular complexity index is 411. The van der Waals surface area contributed by atoms with E-state index < -0.39 is 0 Å². The molecule has 2 atom stereocenters. The van der Waals surface area contributed by atoms with Crippen molar-refractivity contribution in [3.05, 3.63) is 35.6 Å². The molecule has 0 bridgehead atoms. The molecule has 0 spiro atoms. The van der Waals surface area contributed by atoms with Gasteiger partial charge in [0.1, 0.15) is 5.82 Å². The predicted molar refractivity (Wildman–Crippen MR) is 60.4 cm³/mol. The molecule has 0 radical (unpaired) electrons. The molecular weight excluding hydrogens is 223 g/mol. The first-order chi connectivity index (χ1) is 8.22. The molecule has 1 aliphatic rings. The Hall–Kier alpha value is -1.46. The van der Waals surface area contributed by atoms with Gasteiger partial charge in [-0.1, -0.05) is 12.1 Å². The van der Waals surface area contributed by atoms with E-state index in [9.17, 15) is 9.18 Å². The van der Waals surface area contributed by atoms with Crippen LogP contribution in [-0.2, 0) is 9.53 Å². The highest BCUT2D eigenvalue weighted by Gasteiger charge is 2.35. The van der Waals surface area contributed by atoms with Crippen molar-refractivity contribution in [1.82, 2.24) is 10.9 Å². The largest absolute Gasteiger partial charge is 0.466 e. The van der Waals surface area contributed by atoms with Crippen LogP contribution in [0.3, 0.4) is 0 Å². The van der Waals surface area contributed by atoms with E-state index in [1.54, 1.807) is 19.1 Å². The molecule has 2 rings (SSSR count). The van der Waals surface area contributed by atoms with Gasteiger partial charge in [0.2, 0.25) is 0 Å². The van der Waals surface area contributed by atoms with Gasteiger partial charge in [0.25, 0.3) is 0 Å². The average Bonchev–Trinajstić information content (AvgIpc) is 2.78. The van der Waals surface area contributed by atoms with E-state index in [0.29, 0.717) is 13.2 Å². The van der Waals surface area contributed by atoms with E-state index in [4.69, 9.17) is 4.74 Å². The first-order valence-electron chi connectivity index (χ1n) is 5.63. The van der Waals surface area contributed by atoms with E-state index in [1.165, 1.54) is 12.1 Å². The topological polar surface area (TPSA) is 50.4 Å². The Morgan fingerprint density at radius 3 is 3.12 bits per heavy atom. The smallest absolute Gasteiger partial charge is 0.312 e. The third kappa shape index (κ3) is 2.62. The van der Waals surface area contributed by atoms with E-state index in [2.05, 4.69) is 10.9 Å². The number of nitrogens with one attached hydrogen (secondary N) is 2. The van der Waals surface area contributed by atoms with Crippen LogP contribution in [0, 0.1) is 11.7 Å². The number of ether oxygens (including phenoxy) is 1. The van der Waals surface area contributed by atoms with Crippen molar-refractivity contribution in [1.29, 1.82) is 0 Å². The first kappa shape index (κ1) is 12.0. The minimum absolute atomic E-state index is 0.246. The first-order valence-corrected chi connectivity index (χ1v) is 5.63. The van der Waals surface area contributed by atoms with Gasteiger partial charge in [-0.3, -0.25) is 10.2 Å². The molecule has 0 amide bonds. The average molecular weight is 238 g/mol. The quantitative estimate of drug-likeness (QED) is 0.776. The van der Waals surface area contributed by atoms with Gasteiger partial charge in [-0.15, -0.1) is 0 Å². The highest BCUT2D eigenvalue weighted by Crippen LogP contribution is 2.26. The maximum absolute atomic E-state index is 13.1. The molecule has 92 valence electrons.